The zero-order chi connectivity index (χ0) is 15.5. The van der Waals surface area contributed by atoms with Crippen molar-refractivity contribution in [2.45, 2.75) is 25.7 Å². The lowest BCUT2D eigenvalue weighted by Crippen LogP contribution is -2.45. The Labute approximate surface area is 145 Å². The monoisotopic (exact) mass is 378 g/mol. The molecule has 9 heteroatoms. The maximum atomic E-state index is 14.0. The van der Waals surface area contributed by atoms with E-state index in [1.54, 1.807) is 0 Å². The number of nitrogens with one attached hydrogen (secondary N) is 1. The topological polar surface area (TPSA) is 24.5 Å². The van der Waals surface area contributed by atoms with E-state index in [1.165, 1.54) is 0 Å². The summed E-state index contributed by atoms with van der Waals surface area (Å²) in [7, 11) is 0. The quantitative estimate of drug-likeness (QED) is 0.803. The van der Waals surface area contributed by atoms with E-state index in [0.29, 0.717) is 6.42 Å². The Kier molecular flexibility index (Phi) is 9.20. The van der Waals surface area contributed by atoms with Crippen LogP contribution in [0.3, 0.4) is 0 Å². The lowest BCUT2D eigenvalue weighted by molar-refractivity contribution is -0.274. The van der Waals surface area contributed by atoms with Crippen molar-refractivity contribution in [2.75, 3.05) is 26.2 Å². The highest BCUT2D eigenvalue weighted by molar-refractivity contribution is 5.85. The van der Waals surface area contributed by atoms with Gasteiger partial charge in [0.15, 0.2) is 0 Å². The molecule has 1 fully saturated rings. The van der Waals surface area contributed by atoms with Crippen molar-refractivity contribution < 1.29 is 22.3 Å². The molecule has 23 heavy (non-hydrogen) atoms. The van der Waals surface area contributed by atoms with Gasteiger partial charge in [0.1, 0.15) is 11.6 Å². The average molecular weight is 379 g/mol. The minimum absolute atomic E-state index is 0. The number of hydrogen-bond donors (Lipinski definition) is 1. The van der Waals surface area contributed by atoms with E-state index in [1.807, 2.05) is 6.92 Å². The Hall–Kier alpha value is -0.760. The third kappa shape index (κ3) is 6.33. The average Bonchev–Trinajstić information content (AvgIpc) is 2.43. The highest BCUT2D eigenvalue weighted by Crippen LogP contribution is 2.31. The summed E-state index contributed by atoms with van der Waals surface area (Å²) in [4.78, 5) is 2.08. The molecule has 1 aromatic carbocycles. The number of rotatable bonds is 4. The summed E-state index contributed by atoms with van der Waals surface area (Å²) in [5.41, 5.74) is 0.251. The second-order valence-corrected chi connectivity index (χ2v) is 4.94. The Balaban J connectivity index is 0.00000242. The first-order chi connectivity index (χ1) is 9.90. The molecule has 1 atom stereocenters. The van der Waals surface area contributed by atoms with Crippen LogP contribution < -0.4 is 10.1 Å². The van der Waals surface area contributed by atoms with Gasteiger partial charge in [0.2, 0.25) is 0 Å². The Morgan fingerprint density at radius 2 is 1.83 bits per heavy atom. The van der Waals surface area contributed by atoms with Gasteiger partial charge >= 0.3 is 6.36 Å². The van der Waals surface area contributed by atoms with Crippen molar-refractivity contribution in [3.8, 4) is 5.75 Å². The first kappa shape index (κ1) is 22.2. The van der Waals surface area contributed by atoms with Gasteiger partial charge in [0.05, 0.1) is 0 Å². The molecule has 2 rings (SSSR count). The number of ether oxygens (including phenoxy) is 1. The zero-order valence-electron chi connectivity index (χ0n) is 12.5. The first-order valence-electron chi connectivity index (χ1n) is 6.90. The highest BCUT2D eigenvalue weighted by atomic mass is 35.5. The molecular weight excluding hydrogens is 359 g/mol. The minimum atomic E-state index is -4.77. The van der Waals surface area contributed by atoms with Crippen molar-refractivity contribution >= 4 is 24.8 Å². The highest BCUT2D eigenvalue weighted by Gasteiger charge is 2.32. The lowest BCUT2D eigenvalue weighted by Gasteiger charge is -2.35. The molecule has 0 saturated carbocycles. The van der Waals surface area contributed by atoms with E-state index in [4.69, 9.17) is 0 Å². The van der Waals surface area contributed by atoms with Crippen LogP contribution in [0.1, 0.15) is 24.9 Å². The van der Waals surface area contributed by atoms with Gasteiger partial charge in [0.25, 0.3) is 0 Å². The van der Waals surface area contributed by atoms with Crippen LogP contribution in [-0.2, 0) is 0 Å². The van der Waals surface area contributed by atoms with Crippen molar-refractivity contribution in [3.05, 3.63) is 29.6 Å². The van der Waals surface area contributed by atoms with Crippen LogP contribution in [0, 0.1) is 5.82 Å². The molecule has 0 spiro atoms. The summed E-state index contributed by atoms with van der Waals surface area (Å²) in [6.07, 6.45) is -4.15. The van der Waals surface area contributed by atoms with Crippen molar-refractivity contribution in [2.24, 2.45) is 0 Å². The maximum Gasteiger partial charge on any atom is 0.573 e. The van der Waals surface area contributed by atoms with E-state index < -0.39 is 12.2 Å². The predicted molar refractivity (Wildman–Crippen MR) is 85.1 cm³/mol. The third-order valence-electron chi connectivity index (χ3n) is 3.54. The molecular formula is C14H20Cl2F4N2O. The van der Waals surface area contributed by atoms with Crippen LogP contribution in [-0.4, -0.2) is 37.4 Å². The maximum absolute atomic E-state index is 14.0. The molecule has 1 N–H and O–H groups in total. The summed E-state index contributed by atoms with van der Waals surface area (Å²) < 4.78 is 54.7. The van der Waals surface area contributed by atoms with Gasteiger partial charge in [-0.15, -0.1) is 38.0 Å². The second kappa shape index (κ2) is 9.52. The van der Waals surface area contributed by atoms with E-state index in [0.717, 1.165) is 44.4 Å². The van der Waals surface area contributed by atoms with Crippen molar-refractivity contribution in [1.29, 1.82) is 0 Å². The van der Waals surface area contributed by atoms with Gasteiger partial charge in [-0.2, -0.15) is 0 Å². The van der Waals surface area contributed by atoms with Crippen LogP contribution >= 0.6 is 24.8 Å². The summed E-state index contributed by atoms with van der Waals surface area (Å²) in [5.74, 6) is -0.887. The van der Waals surface area contributed by atoms with Crippen LogP contribution in [0.4, 0.5) is 17.6 Å². The summed E-state index contributed by atoms with van der Waals surface area (Å²) >= 11 is 0. The molecule has 0 aromatic heterocycles. The molecule has 1 aliphatic heterocycles. The number of halogens is 6. The molecule has 134 valence electrons. The number of alkyl halides is 3. The third-order valence-corrected chi connectivity index (χ3v) is 3.54. The molecule has 1 heterocycles. The van der Waals surface area contributed by atoms with Gasteiger partial charge in [0, 0.05) is 37.8 Å². The van der Waals surface area contributed by atoms with E-state index in [2.05, 4.69) is 15.0 Å². The van der Waals surface area contributed by atoms with Gasteiger partial charge in [-0.05, 0) is 24.6 Å². The van der Waals surface area contributed by atoms with Crippen LogP contribution in [0.25, 0.3) is 0 Å². The van der Waals surface area contributed by atoms with E-state index >= 15 is 0 Å². The Bertz CT molecular complexity index is 482. The Morgan fingerprint density at radius 1 is 1.22 bits per heavy atom. The summed E-state index contributed by atoms with van der Waals surface area (Å²) in [6.45, 7) is 4.95. The predicted octanol–water partition coefficient (Wildman–Crippen LogP) is 3.92. The smallest absolute Gasteiger partial charge is 0.406 e. The standard InChI is InChI=1S/C14H18F4N2O.2ClH/c1-2-13(20-7-5-19-6-8-20)11-9-10(3-4-12(11)15)21-14(16,17)18;;/h3-4,9,13,19H,2,5-8H2,1H3;2*1H/t13-;;/m0../s1. The fourth-order valence-corrected chi connectivity index (χ4v) is 2.64. The van der Waals surface area contributed by atoms with Crippen LogP contribution in [0.5, 0.6) is 5.75 Å². The SMILES string of the molecule is CC[C@@H](c1cc(OC(F)(F)F)ccc1F)N1CCNCC1.Cl.Cl. The van der Waals surface area contributed by atoms with Crippen molar-refractivity contribution in [3.63, 3.8) is 0 Å². The van der Waals surface area contributed by atoms with Gasteiger partial charge in [-0.3, -0.25) is 4.90 Å². The summed E-state index contributed by atoms with van der Waals surface area (Å²) in [6, 6.07) is 2.93. The fourth-order valence-electron chi connectivity index (χ4n) is 2.64. The number of hydrogen-bond acceptors (Lipinski definition) is 3. The second-order valence-electron chi connectivity index (χ2n) is 4.94. The number of piperazine rings is 1. The molecule has 1 saturated heterocycles. The molecule has 0 radical (unpaired) electrons. The van der Waals surface area contributed by atoms with Gasteiger partial charge in [-0.1, -0.05) is 6.92 Å². The lowest BCUT2D eigenvalue weighted by atomic mass is 10.0. The molecule has 1 aromatic rings. The Morgan fingerprint density at radius 3 is 2.35 bits per heavy atom. The number of nitrogens with zero attached hydrogens (tertiary/aromatic N) is 1. The van der Waals surface area contributed by atoms with E-state index in [9.17, 15) is 17.6 Å². The van der Waals surface area contributed by atoms with Crippen molar-refractivity contribution in [1.82, 2.24) is 10.2 Å². The molecule has 0 unspecified atom stereocenters. The van der Waals surface area contributed by atoms with Gasteiger partial charge < -0.3 is 10.1 Å². The molecule has 0 bridgehead atoms. The summed E-state index contributed by atoms with van der Waals surface area (Å²) in [5, 5.41) is 3.19. The molecule has 0 amide bonds. The fraction of sp³-hybridized carbons (Fsp3) is 0.571. The first-order valence-corrected chi connectivity index (χ1v) is 6.90. The zero-order valence-corrected chi connectivity index (χ0v) is 14.2. The minimum Gasteiger partial charge on any atom is -0.406 e. The molecule has 1 aliphatic rings. The largest absolute Gasteiger partial charge is 0.573 e. The number of benzene rings is 1. The van der Waals surface area contributed by atoms with E-state index in [-0.39, 0.29) is 42.2 Å². The van der Waals surface area contributed by atoms with Gasteiger partial charge in [-0.25, -0.2) is 4.39 Å². The van der Waals surface area contributed by atoms with Crippen LogP contribution in [0.2, 0.25) is 0 Å². The normalized spacial score (nSPS) is 16.9. The molecule has 0 aliphatic carbocycles. The molecule has 3 nitrogen and oxygen atoms in total. The van der Waals surface area contributed by atoms with Crippen LogP contribution in [0.15, 0.2) is 18.2 Å².